The van der Waals surface area contributed by atoms with E-state index in [-0.39, 0.29) is 6.73 Å². The van der Waals surface area contributed by atoms with Crippen LogP contribution in [0, 0.1) is 0 Å². The number of benzene rings is 1. The molecule has 94 valence electrons. The van der Waals surface area contributed by atoms with Crippen molar-refractivity contribution in [3.63, 3.8) is 0 Å². The zero-order chi connectivity index (χ0) is 13.0. The molecule has 3 nitrogen and oxygen atoms in total. The van der Waals surface area contributed by atoms with E-state index in [1.807, 2.05) is 35.7 Å². The minimum absolute atomic E-state index is 0.239. The number of halogens is 1. The minimum Gasteiger partial charge on any atom is -0.497 e. The highest BCUT2D eigenvalue weighted by molar-refractivity contribution is 9.10. The molecular weight excluding hydrogens is 314 g/mol. The van der Waals surface area contributed by atoms with E-state index in [1.54, 1.807) is 18.4 Å². The molecule has 18 heavy (non-hydrogen) atoms. The summed E-state index contributed by atoms with van der Waals surface area (Å²) >= 11 is 5.06. The molecule has 0 unspecified atom stereocenters. The van der Waals surface area contributed by atoms with Gasteiger partial charge in [0.2, 0.25) is 0 Å². The zero-order valence-electron chi connectivity index (χ0n) is 9.76. The SMILES string of the molecule is COc1cccc(C(=NCO)c2sccc2Br)c1. The second-order valence-corrected chi connectivity index (χ2v) is 5.25. The molecule has 0 aliphatic carbocycles. The van der Waals surface area contributed by atoms with E-state index < -0.39 is 0 Å². The number of aliphatic hydroxyl groups is 1. The summed E-state index contributed by atoms with van der Waals surface area (Å²) < 4.78 is 6.18. The number of ether oxygens (including phenoxy) is 1. The summed E-state index contributed by atoms with van der Waals surface area (Å²) in [6.07, 6.45) is 0. The number of hydrogen-bond acceptors (Lipinski definition) is 4. The molecular formula is C13H12BrNO2S. The molecule has 0 aliphatic heterocycles. The normalized spacial score (nSPS) is 11.6. The van der Waals surface area contributed by atoms with Gasteiger partial charge in [-0.1, -0.05) is 12.1 Å². The Balaban J connectivity index is 2.49. The van der Waals surface area contributed by atoms with Crippen LogP contribution in [-0.4, -0.2) is 24.7 Å². The van der Waals surface area contributed by atoms with E-state index >= 15 is 0 Å². The maximum absolute atomic E-state index is 9.08. The third-order valence-electron chi connectivity index (χ3n) is 2.40. The van der Waals surface area contributed by atoms with Crippen LogP contribution in [0.15, 0.2) is 45.2 Å². The molecule has 0 bridgehead atoms. The number of aliphatic hydroxyl groups excluding tert-OH is 1. The molecule has 1 heterocycles. The Kier molecular flexibility index (Phi) is 4.52. The van der Waals surface area contributed by atoms with Gasteiger partial charge >= 0.3 is 0 Å². The largest absolute Gasteiger partial charge is 0.497 e. The van der Waals surface area contributed by atoms with Crippen molar-refractivity contribution in [1.82, 2.24) is 0 Å². The maximum atomic E-state index is 9.08. The predicted molar refractivity (Wildman–Crippen MR) is 77.7 cm³/mol. The fourth-order valence-electron chi connectivity index (χ4n) is 1.60. The Morgan fingerprint density at radius 1 is 1.44 bits per heavy atom. The van der Waals surface area contributed by atoms with Crippen LogP contribution in [0.4, 0.5) is 0 Å². The van der Waals surface area contributed by atoms with Crippen molar-refractivity contribution >= 4 is 33.0 Å². The highest BCUT2D eigenvalue weighted by atomic mass is 79.9. The predicted octanol–water partition coefficient (Wildman–Crippen LogP) is 3.31. The van der Waals surface area contributed by atoms with Gasteiger partial charge in [-0.2, -0.15) is 0 Å². The number of nitrogens with zero attached hydrogens (tertiary/aromatic N) is 1. The van der Waals surface area contributed by atoms with Gasteiger partial charge < -0.3 is 9.84 Å². The van der Waals surface area contributed by atoms with Crippen LogP contribution >= 0.6 is 27.3 Å². The molecule has 1 aromatic heterocycles. The summed E-state index contributed by atoms with van der Waals surface area (Å²) in [7, 11) is 1.63. The Morgan fingerprint density at radius 2 is 2.28 bits per heavy atom. The summed E-state index contributed by atoms with van der Waals surface area (Å²) in [5.41, 5.74) is 1.69. The summed E-state index contributed by atoms with van der Waals surface area (Å²) in [6, 6.07) is 9.60. The molecule has 0 fully saturated rings. The Bertz CT molecular complexity index is 566. The Labute approximate surface area is 118 Å². The quantitative estimate of drug-likeness (QED) is 0.876. The van der Waals surface area contributed by atoms with Gasteiger partial charge in [0.15, 0.2) is 0 Å². The number of hydrogen-bond donors (Lipinski definition) is 1. The third kappa shape index (κ3) is 2.80. The number of thiophene rings is 1. The fraction of sp³-hybridized carbons (Fsp3) is 0.154. The smallest absolute Gasteiger partial charge is 0.135 e. The van der Waals surface area contributed by atoms with Gasteiger partial charge in [-0.15, -0.1) is 11.3 Å². The molecule has 5 heteroatoms. The van der Waals surface area contributed by atoms with Crippen molar-refractivity contribution in [1.29, 1.82) is 0 Å². The molecule has 1 N–H and O–H groups in total. The molecule has 0 saturated carbocycles. The summed E-state index contributed by atoms with van der Waals surface area (Å²) in [5, 5.41) is 11.1. The van der Waals surface area contributed by atoms with Crippen molar-refractivity contribution in [3.05, 3.63) is 50.6 Å². The second-order valence-electron chi connectivity index (χ2n) is 3.48. The molecule has 0 aliphatic rings. The van der Waals surface area contributed by atoms with Gasteiger partial charge in [0.25, 0.3) is 0 Å². The number of rotatable bonds is 4. The lowest BCUT2D eigenvalue weighted by Crippen LogP contribution is -2.03. The van der Waals surface area contributed by atoms with Crippen molar-refractivity contribution in [2.75, 3.05) is 13.8 Å². The Hall–Kier alpha value is -1.17. The van der Waals surface area contributed by atoms with Gasteiger partial charge in [0.05, 0.1) is 17.7 Å². The third-order valence-corrected chi connectivity index (χ3v) is 4.25. The first-order valence-corrected chi connectivity index (χ1v) is 6.96. The topological polar surface area (TPSA) is 41.8 Å². The van der Waals surface area contributed by atoms with E-state index in [0.717, 1.165) is 26.4 Å². The zero-order valence-corrected chi connectivity index (χ0v) is 12.2. The van der Waals surface area contributed by atoms with Crippen LogP contribution in [0.3, 0.4) is 0 Å². The lowest BCUT2D eigenvalue weighted by atomic mass is 10.1. The van der Waals surface area contributed by atoms with E-state index in [2.05, 4.69) is 20.9 Å². The van der Waals surface area contributed by atoms with Crippen LogP contribution in [0.25, 0.3) is 0 Å². The summed E-state index contributed by atoms with van der Waals surface area (Å²) in [5.74, 6) is 0.769. The molecule has 2 aromatic rings. The highest BCUT2D eigenvalue weighted by Crippen LogP contribution is 2.27. The molecule has 2 rings (SSSR count). The molecule has 0 amide bonds. The first kappa shape index (κ1) is 13.3. The average Bonchev–Trinajstić information content (AvgIpc) is 2.82. The molecule has 0 spiro atoms. The highest BCUT2D eigenvalue weighted by Gasteiger charge is 2.12. The van der Waals surface area contributed by atoms with Gasteiger partial charge in [0, 0.05) is 10.0 Å². The monoisotopic (exact) mass is 325 g/mol. The van der Waals surface area contributed by atoms with E-state index in [0.29, 0.717) is 0 Å². The second kappa shape index (κ2) is 6.13. The van der Waals surface area contributed by atoms with Crippen LogP contribution < -0.4 is 4.74 Å². The van der Waals surface area contributed by atoms with E-state index in [1.165, 1.54) is 0 Å². The van der Waals surface area contributed by atoms with Gasteiger partial charge in [-0.05, 0) is 39.5 Å². The molecule has 1 aromatic carbocycles. The standard InChI is InChI=1S/C13H12BrNO2S/c1-17-10-4-2-3-9(7-10)12(15-8-16)13-11(14)5-6-18-13/h2-7,16H,8H2,1H3. The van der Waals surface area contributed by atoms with Crippen LogP contribution in [0.2, 0.25) is 0 Å². The van der Waals surface area contributed by atoms with E-state index in [9.17, 15) is 0 Å². The van der Waals surface area contributed by atoms with Crippen molar-refractivity contribution in [2.24, 2.45) is 4.99 Å². The van der Waals surface area contributed by atoms with Crippen LogP contribution in [-0.2, 0) is 0 Å². The number of aliphatic imine (C=N–C) groups is 1. The Morgan fingerprint density at radius 3 is 2.89 bits per heavy atom. The average molecular weight is 326 g/mol. The van der Waals surface area contributed by atoms with Gasteiger partial charge in [0.1, 0.15) is 12.5 Å². The van der Waals surface area contributed by atoms with Crippen LogP contribution in [0.1, 0.15) is 10.4 Å². The van der Waals surface area contributed by atoms with Crippen molar-refractivity contribution in [2.45, 2.75) is 0 Å². The summed E-state index contributed by atoms with van der Waals surface area (Å²) in [6.45, 7) is -0.239. The molecule has 0 atom stereocenters. The maximum Gasteiger partial charge on any atom is 0.135 e. The van der Waals surface area contributed by atoms with E-state index in [4.69, 9.17) is 9.84 Å². The van der Waals surface area contributed by atoms with Gasteiger partial charge in [-0.25, -0.2) is 0 Å². The first-order chi connectivity index (χ1) is 8.76. The van der Waals surface area contributed by atoms with Crippen molar-refractivity contribution in [3.8, 4) is 5.75 Å². The minimum atomic E-state index is -0.239. The van der Waals surface area contributed by atoms with Crippen molar-refractivity contribution < 1.29 is 9.84 Å². The van der Waals surface area contributed by atoms with Gasteiger partial charge in [-0.3, -0.25) is 4.99 Å². The first-order valence-electron chi connectivity index (χ1n) is 5.29. The molecule has 0 radical (unpaired) electrons. The summed E-state index contributed by atoms with van der Waals surface area (Å²) in [4.78, 5) is 5.17. The van der Waals surface area contributed by atoms with Crippen LogP contribution in [0.5, 0.6) is 5.75 Å². The lowest BCUT2D eigenvalue weighted by Gasteiger charge is -2.07. The fourth-order valence-corrected chi connectivity index (χ4v) is 3.19. The lowest BCUT2D eigenvalue weighted by molar-refractivity contribution is 0.309. The number of methoxy groups -OCH3 is 1. The molecule has 0 saturated heterocycles.